The molecule has 7 heteroatoms. The van der Waals surface area contributed by atoms with Crippen molar-refractivity contribution >= 4 is 10.0 Å². The molecule has 1 atom stereocenters. The molecule has 0 spiro atoms. The van der Waals surface area contributed by atoms with E-state index in [2.05, 4.69) is 5.32 Å². The third kappa shape index (κ3) is 4.06. The Kier molecular flexibility index (Phi) is 5.43. The van der Waals surface area contributed by atoms with E-state index >= 15 is 0 Å². The third-order valence-electron chi connectivity index (χ3n) is 3.47. The van der Waals surface area contributed by atoms with Crippen molar-refractivity contribution in [3.63, 3.8) is 0 Å². The minimum Gasteiger partial charge on any atom is -0.447 e. The van der Waals surface area contributed by atoms with E-state index in [1.54, 1.807) is 6.07 Å². The van der Waals surface area contributed by atoms with Crippen LogP contribution in [0.5, 0.6) is 0 Å². The lowest BCUT2D eigenvalue weighted by Gasteiger charge is -2.30. The van der Waals surface area contributed by atoms with Gasteiger partial charge in [0.25, 0.3) is 10.0 Å². The molecule has 1 aromatic heterocycles. The van der Waals surface area contributed by atoms with Gasteiger partial charge in [0.15, 0.2) is 0 Å². The highest BCUT2D eigenvalue weighted by molar-refractivity contribution is 7.89. The van der Waals surface area contributed by atoms with E-state index in [-0.39, 0.29) is 11.2 Å². The molecule has 1 aliphatic heterocycles. The quantitative estimate of drug-likeness (QED) is 0.862. The topological polar surface area (TPSA) is 71.8 Å². The Morgan fingerprint density at radius 1 is 1.43 bits per heavy atom. The van der Waals surface area contributed by atoms with E-state index in [0.29, 0.717) is 38.0 Å². The number of morpholine rings is 1. The summed E-state index contributed by atoms with van der Waals surface area (Å²) in [5, 5.41) is 3.21. The molecule has 0 radical (unpaired) electrons. The van der Waals surface area contributed by atoms with Gasteiger partial charge in [-0.3, -0.25) is 0 Å². The standard InChI is InChI=1S/C14H24N2O4S/c1-4-12-10-16(7-8-19-12)21(17,18)14-6-5-13(20-14)9-15-11(2)3/h5-6,11-12,15H,4,7-10H2,1-3H3. The van der Waals surface area contributed by atoms with Crippen LogP contribution >= 0.6 is 0 Å². The minimum atomic E-state index is -3.56. The third-order valence-corrected chi connectivity index (χ3v) is 5.21. The van der Waals surface area contributed by atoms with Crippen LogP contribution in [0.1, 0.15) is 33.0 Å². The summed E-state index contributed by atoms with van der Waals surface area (Å²) in [7, 11) is -3.56. The number of hydrogen-bond acceptors (Lipinski definition) is 5. The molecule has 1 aromatic rings. The van der Waals surface area contributed by atoms with Crippen molar-refractivity contribution in [3.05, 3.63) is 17.9 Å². The van der Waals surface area contributed by atoms with E-state index in [9.17, 15) is 8.42 Å². The number of rotatable bonds is 6. The summed E-state index contributed by atoms with van der Waals surface area (Å²) in [5.41, 5.74) is 0. The molecule has 21 heavy (non-hydrogen) atoms. The Hall–Kier alpha value is -0.890. The lowest BCUT2D eigenvalue weighted by molar-refractivity contribution is -0.00315. The molecule has 0 amide bonds. The summed E-state index contributed by atoms with van der Waals surface area (Å²) in [4.78, 5) is 0. The second-order valence-corrected chi connectivity index (χ2v) is 7.39. The van der Waals surface area contributed by atoms with Gasteiger partial charge in [-0.05, 0) is 18.6 Å². The van der Waals surface area contributed by atoms with Gasteiger partial charge in [-0.25, -0.2) is 8.42 Å². The fourth-order valence-electron chi connectivity index (χ4n) is 2.18. The molecule has 2 rings (SSSR count). The molecule has 1 N–H and O–H groups in total. The van der Waals surface area contributed by atoms with Crippen molar-refractivity contribution in [1.82, 2.24) is 9.62 Å². The number of nitrogens with one attached hydrogen (secondary N) is 1. The zero-order valence-electron chi connectivity index (χ0n) is 12.8. The van der Waals surface area contributed by atoms with Gasteiger partial charge in [0.2, 0.25) is 5.09 Å². The maximum atomic E-state index is 12.6. The van der Waals surface area contributed by atoms with Crippen LogP contribution in [0.4, 0.5) is 0 Å². The SMILES string of the molecule is CCC1CN(S(=O)(=O)c2ccc(CNC(C)C)o2)CCO1. The Bertz CT molecular complexity index is 553. The molecule has 2 heterocycles. The zero-order valence-corrected chi connectivity index (χ0v) is 13.6. The molecule has 1 fully saturated rings. The van der Waals surface area contributed by atoms with Crippen LogP contribution in [0.25, 0.3) is 0 Å². The van der Waals surface area contributed by atoms with Crippen molar-refractivity contribution in [1.29, 1.82) is 0 Å². The Morgan fingerprint density at radius 2 is 2.19 bits per heavy atom. The Balaban J connectivity index is 2.08. The lowest BCUT2D eigenvalue weighted by atomic mass is 10.2. The lowest BCUT2D eigenvalue weighted by Crippen LogP contribution is -2.45. The second-order valence-electron chi connectivity index (χ2n) is 5.52. The molecule has 0 bridgehead atoms. The largest absolute Gasteiger partial charge is 0.447 e. The summed E-state index contributed by atoms with van der Waals surface area (Å²) in [5.74, 6) is 0.627. The first-order chi connectivity index (χ1) is 9.93. The average molecular weight is 316 g/mol. The molecule has 6 nitrogen and oxygen atoms in total. The van der Waals surface area contributed by atoms with Gasteiger partial charge < -0.3 is 14.5 Å². The number of nitrogens with zero attached hydrogens (tertiary/aromatic N) is 1. The van der Waals surface area contributed by atoms with Crippen LogP contribution < -0.4 is 5.32 Å². The zero-order chi connectivity index (χ0) is 15.5. The van der Waals surface area contributed by atoms with Gasteiger partial charge in [0, 0.05) is 19.1 Å². The molecular formula is C14H24N2O4S. The highest BCUT2D eigenvalue weighted by Crippen LogP contribution is 2.21. The number of furan rings is 1. The molecule has 0 saturated carbocycles. The van der Waals surface area contributed by atoms with Gasteiger partial charge in [0.1, 0.15) is 5.76 Å². The fourth-order valence-corrected chi connectivity index (χ4v) is 3.57. The normalized spacial score (nSPS) is 21.0. The summed E-state index contributed by atoms with van der Waals surface area (Å²) < 4.78 is 37.6. The first-order valence-electron chi connectivity index (χ1n) is 7.37. The first kappa shape index (κ1) is 16.5. The van der Waals surface area contributed by atoms with E-state index in [1.165, 1.54) is 10.4 Å². The van der Waals surface area contributed by atoms with E-state index < -0.39 is 10.0 Å². The summed E-state index contributed by atoms with van der Waals surface area (Å²) in [6.07, 6.45) is 0.763. The van der Waals surface area contributed by atoms with Crippen molar-refractivity contribution in [2.75, 3.05) is 19.7 Å². The minimum absolute atomic E-state index is 0.0137. The van der Waals surface area contributed by atoms with Crippen molar-refractivity contribution in [2.24, 2.45) is 0 Å². The number of hydrogen-bond donors (Lipinski definition) is 1. The molecule has 0 aliphatic carbocycles. The summed E-state index contributed by atoms with van der Waals surface area (Å²) in [6, 6.07) is 3.56. The summed E-state index contributed by atoms with van der Waals surface area (Å²) >= 11 is 0. The molecule has 1 saturated heterocycles. The maximum Gasteiger partial charge on any atom is 0.276 e. The van der Waals surface area contributed by atoms with Gasteiger partial charge in [-0.15, -0.1) is 0 Å². The first-order valence-corrected chi connectivity index (χ1v) is 8.81. The predicted molar refractivity (Wildman–Crippen MR) is 79.5 cm³/mol. The molecule has 0 aromatic carbocycles. The highest BCUT2D eigenvalue weighted by Gasteiger charge is 2.32. The van der Waals surface area contributed by atoms with Crippen molar-refractivity contribution in [2.45, 2.75) is 51.0 Å². The Morgan fingerprint density at radius 3 is 2.86 bits per heavy atom. The van der Waals surface area contributed by atoms with E-state index in [0.717, 1.165) is 6.42 Å². The average Bonchev–Trinajstić information content (AvgIpc) is 2.95. The Labute approximate surface area is 126 Å². The maximum absolute atomic E-state index is 12.6. The molecular weight excluding hydrogens is 292 g/mol. The number of sulfonamides is 1. The van der Waals surface area contributed by atoms with Crippen LogP contribution in [-0.4, -0.2) is 44.6 Å². The van der Waals surface area contributed by atoms with Gasteiger partial charge >= 0.3 is 0 Å². The van der Waals surface area contributed by atoms with Gasteiger partial charge in [-0.1, -0.05) is 20.8 Å². The fraction of sp³-hybridized carbons (Fsp3) is 0.714. The number of ether oxygens (including phenoxy) is 1. The monoisotopic (exact) mass is 316 g/mol. The van der Waals surface area contributed by atoms with E-state index in [4.69, 9.17) is 9.15 Å². The van der Waals surface area contributed by atoms with Crippen LogP contribution in [0.2, 0.25) is 0 Å². The molecule has 1 unspecified atom stereocenters. The van der Waals surface area contributed by atoms with Crippen LogP contribution in [0, 0.1) is 0 Å². The van der Waals surface area contributed by atoms with Crippen molar-refractivity contribution in [3.8, 4) is 0 Å². The summed E-state index contributed by atoms with van der Waals surface area (Å²) in [6.45, 7) is 7.76. The van der Waals surface area contributed by atoms with Crippen LogP contribution in [0.15, 0.2) is 21.6 Å². The molecule has 120 valence electrons. The van der Waals surface area contributed by atoms with Gasteiger partial charge in [-0.2, -0.15) is 4.31 Å². The van der Waals surface area contributed by atoms with Crippen molar-refractivity contribution < 1.29 is 17.6 Å². The smallest absolute Gasteiger partial charge is 0.276 e. The van der Waals surface area contributed by atoms with Crippen LogP contribution in [-0.2, 0) is 21.3 Å². The van der Waals surface area contributed by atoms with Crippen LogP contribution in [0.3, 0.4) is 0 Å². The second kappa shape index (κ2) is 6.91. The molecule has 1 aliphatic rings. The predicted octanol–water partition coefficient (Wildman–Crippen LogP) is 1.58. The van der Waals surface area contributed by atoms with E-state index in [1.807, 2.05) is 20.8 Å². The van der Waals surface area contributed by atoms with Gasteiger partial charge in [0.05, 0.1) is 19.3 Å². The highest BCUT2D eigenvalue weighted by atomic mass is 32.2.